The molecule has 6 heteroatoms. The Labute approximate surface area is 139 Å². The van der Waals surface area contributed by atoms with Gasteiger partial charge in [0.15, 0.2) is 5.65 Å². The molecule has 5 nitrogen and oxygen atoms in total. The van der Waals surface area contributed by atoms with Gasteiger partial charge in [-0.3, -0.25) is 9.20 Å². The van der Waals surface area contributed by atoms with Gasteiger partial charge in [-0.1, -0.05) is 23.7 Å². The number of halogens is 1. The maximum absolute atomic E-state index is 12.7. The predicted octanol–water partition coefficient (Wildman–Crippen LogP) is 3.52. The Morgan fingerprint density at radius 1 is 1.17 bits per heavy atom. The van der Waals surface area contributed by atoms with E-state index in [1.165, 1.54) is 0 Å². The highest BCUT2D eigenvalue weighted by molar-refractivity contribution is 6.30. The molecule has 3 aromatic rings. The van der Waals surface area contributed by atoms with Crippen LogP contribution in [-0.4, -0.2) is 32.5 Å². The summed E-state index contributed by atoms with van der Waals surface area (Å²) in [7, 11) is 1.80. The van der Waals surface area contributed by atoms with Gasteiger partial charge < -0.3 is 4.90 Å². The third kappa shape index (κ3) is 2.92. The highest BCUT2D eigenvalue weighted by Crippen LogP contribution is 2.22. The topological polar surface area (TPSA) is 50.5 Å². The van der Waals surface area contributed by atoms with Crippen molar-refractivity contribution in [1.29, 1.82) is 0 Å². The van der Waals surface area contributed by atoms with Crippen LogP contribution in [0.25, 0.3) is 5.65 Å². The van der Waals surface area contributed by atoms with Crippen LogP contribution in [0, 0.1) is 6.92 Å². The summed E-state index contributed by atoms with van der Waals surface area (Å²) in [5, 5.41) is 8.72. The van der Waals surface area contributed by atoms with E-state index in [9.17, 15) is 4.79 Å². The van der Waals surface area contributed by atoms with Gasteiger partial charge in [-0.2, -0.15) is 0 Å². The number of benzene rings is 1. The predicted molar refractivity (Wildman–Crippen MR) is 89.7 cm³/mol. The summed E-state index contributed by atoms with van der Waals surface area (Å²) in [4.78, 5) is 14.5. The van der Waals surface area contributed by atoms with Gasteiger partial charge >= 0.3 is 0 Å². The normalized spacial score (nSPS) is 12.3. The van der Waals surface area contributed by atoms with Crippen molar-refractivity contribution in [3.05, 3.63) is 64.6 Å². The molecule has 1 unspecified atom stereocenters. The van der Waals surface area contributed by atoms with Gasteiger partial charge in [-0.25, -0.2) is 0 Å². The highest BCUT2D eigenvalue weighted by Gasteiger charge is 2.19. The molecular weight excluding hydrogens is 312 g/mol. The van der Waals surface area contributed by atoms with Crippen molar-refractivity contribution in [3.63, 3.8) is 0 Å². The molecule has 0 aliphatic heterocycles. The van der Waals surface area contributed by atoms with Crippen molar-refractivity contribution < 1.29 is 4.79 Å². The van der Waals surface area contributed by atoms with Gasteiger partial charge in [-0.15, -0.1) is 10.2 Å². The van der Waals surface area contributed by atoms with Crippen molar-refractivity contribution in [2.45, 2.75) is 19.9 Å². The zero-order valence-electron chi connectivity index (χ0n) is 13.2. The first-order valence-electron chi connectivity index (χ1n) is 7.31. The van der Waals surface area contributed by atoms with Crippen LogP contribution in [0.3, 0.4) is 0 Å². The van der Waals surface area contributed by atoms with Crippen molar-refractivity contribution in [2.24, 2.45) is 0 Å². The molecule has 23 heavy (non-hydrogen) atoms. The molecule has 0 aliphatic carbocycles. The summed E-state index contributed by atoms with van der Waals surface area (Å²) in [6.07, 6.45) is 1.78. The van der Waals surface area contributed by atoms with Crippen LogP contribution >= 0.6 is 11.6 Å². The van der Waals surface area contributed by atoms with Crippen LogP contribution in [0.15, 0.2) is 42.6 Å². The molecule has 2 heterocycles. The summed E-state index contributed by atoms with van der Waals surface area (Å²) >= 11 is 5.92. The molecule has 118 valence electrons. The number of hydrogen-bond donors (Lipinski definition) is 0. The standard InChI is InChI=1S/C17H17ClN4O/c1-11(13-4-7-15(18)8-5-13)21(3)17(23)14-6-9-16-20-19-12(2)22(16)10-14/h4-11H,1-3H3. The maximum Gasteiger partial charge on any atom is 0.255 e. The third-order valence-corrected chi connectivity index (χ3v) is 4.33. The van der Waals surface area contributed by atoms with E-state index in [2.05, 4.69) is 10.2 Å². The highest BCUT2D eigenvalue weighted by atomic mass is 35.5. The largest absolute Gasteiger partial charge is 0.335 e. The molecule has 1 amide bonds. The third-order valence-electron chi connectivity index (χ3n) is 4.07. The second-order valence-electron chi connectivity index (χ2n) is 5.54. The second-order valence-corrected chi connectivity index (χ2v) is 5.97. The molecule has 3 rings (SSSR count). The van der Waals surface area contributed by atoms with E-state index in [1.54, 1.807) is 30.3 Å². The molecule has 0 saturated carbocycles. The summed E-state index contributed by atoms with van der Waals surface area (Å²) in [6, 6.07) is 11.0. The Morgan fingerprint density at radius 3 is 2.57 bits per heavy atom. The zero-order valence-corrected chi connectivity index (χ0v) is 13.9. The fraction of sp³-hybridized carbons (Fsp3) is 0.235. The summed E-state index contributed by atoms with van der Waals surface area (Å²) in [5.74, 6) is 0.700. The van der Waals surface area contributed by atoms with Gasteiger partial charge in [0.05, 0.1) is 11.6 Å². The number of rotatable bonds is 3. The lowest BCUT2D eigenvalue weighted by atomic mass is 10.1. The number of carbonyl (C=O) groups is 1. The molecule has 0 N–H and O–H groups in total. The van der Waals surface area contributed by atoms with E-state index in [1.807, 2.05) is 42.5 Å². The van der Waals surface area contributed by atoms with Crippen LogP contribution in [0.1, 0.15) is 34.7 Å². The number of pyridine rings is 1. The molecule has 0 spiro atoms. The minimum atomic E-state index is -0.0579. The van der Waals surface area contributed by atoms with Gasteiger partial charge in [0, 0.05) is 18.3 Å². The number of nitrogens with zero attached hydrogens (tertiary/aromatic N) is 4. The first kappa shape index (κ1) is 15.5. The number of hydrogen-bond acceptors (Lipinski definition) is 3. The number of amides is 1. The van der Waals surface area contributed by atoms with Crippen LogP contribution < -0.4 is 0 Å². The number of aromatic nitrogens is 3. The Kier molecular flexibility index (Phi) is 4.05. The molecule has 0 saturated heterocycles. The SMILES string of the molecule is Cc1nnc2ccc(C(=O)N(C)C(C)c3ccc(Cl)cc3)cn12. The van der Waals surface area contributed by atoms with E-state index < -0.39 is 0 Å². The lowest BCUT2D eigenvalue weighted by molar-refractivity contribution is 0.0742. The second kappa shape index (κ2) is 6.01. The van der Waals surface area contributed by atoms with Crippen LogP contribution in [0.2, 0.25) is 5.02 Å². The number of aryl methyl sites for hydroxylation is 1. The molecule has 0 radical (unpaired) electrons. The first-order valence-corrected chi connectivity index (χ1v) is 7.69. The summed E-state index contributed by atoms with van der Waals surface area (Å²) < 4.78 is 1.81. The minimum Gasteiger partial charge on any atom is -0.335 e. The van der Waals surface area contributed by atoms with E-state index >= 15 is 0 Å². The average molecular weight is 329 g/mol. The van der Waals surface area contributed by atoms with Crippen LogP contribution in [-0.2, 0) is 0 Å². The van der Waals surface area contributed by atoms with Crippen molar-refractivity contribution in [3.8, 4) is 0 Å². The molecule has 0 fully saturated rings. The first-order chi connectivity index (χ1) is 11.0. The van der Waals surface area contributed by atoms with E-state index in [-0.39, 0.29) is 11.9 Å². The Balaban J connectivity index is 1.88. The van der Waals surface area contributed by atoms with Gasteiger partial charge in [0.2, 0.25) is 0 Å². The summed E-state index contributed by atoms with van der Waals surface area (Å²) in [5.41, 5.74) is 2.36. The van der Waals surface area contributed by atoms with E-state index in [0.717, 1.165) is 17.0 Å². The molecule has 1 atom stereocenters. The van der Waals surface area contributed by atoms with Crippen LogP contribution in [0.4, 0.5) is 0 Å². The number of fused-ring (bicyclic) bond motifs is 1. The van der Waals surface area contributed by atoms with Crippen molar-refractivity contribution in [1.82, 2.24) is 19.5 Å². The Hall–Kier alpha value is -2.40. The Morgan fingerprint density at radius 2 is 1.87 bits per heavy atom. The van der Waals surface area contributed by atoms with Crippen LogP contribution in [0.5, 0.6) is 0 Å². The lowest BCUT2D eigenvalue weighted by Crippen LogP contribution is -2.29. The van der Waals surface area contributed by atoms with Crippen molar-refractivity contribution >= 4 is 23.2 Å². The molecular formula is C17H17ClN4O. The Bertz CT molecular complexity index is 857. The maximum atomic E-state index is 12.7. The lowest BCUT2D eigenvalue weighted by Gasteiger charge is -2.25. The molecule has 1 aromatic carbocycles. The minimum absolute atomic E-state index is 0.0533. The van der Waals surface area contributed by atoms with Gasteiger partial charge in [0.25, 0.3) is 5.91 Å². The van der Waals surface area contributed by atoms with E-state index in [4.69, 9.17) is 11.6 Å². The molecule has 0 bridgehead atoms. The van der Waals surface area contributed by atoms with E-state index in [0.29, 0.717) is 10.6 Å². The molecule has 2 aromatic heterocycles. The smallest absolute Gasteiger partial charge is 0.255 e. The van der Waals surface area contributed by atoms with Crippen molar-refractivity contribution in [2.75, 3.05) is 7.05 Å². The van der Waals surface area contributed by atoms with Gasteiger partial charge in [0.1, 0.15) is 5.82 Å². The zero-order chi connectivity index (χ0) is 16.6. The van der Waals surface area contributed by atoms with Gasteiger partial charge in [-0.05, 0) is 43.7 Å². The quantitative estimate of drug-likeness (QED) is 0.739. The molecule has 0 aliphatic rings. The average Bonchev–Trinajstić information content (AvgIpc) is 2.94. The monoisotopic (exact) mass is 328 g/mol. The fourth-order valence-electron chi connectivity index (χ4n) is 2.48. The fourth-order valence-corrected chi connectivity index (χ4v) is 2.60. The number of carbonyl (C=O) groups excluding carboxylic acids is 1. The summed E-state index contributed by atoms with van der Waals surface area (Å²) in [6.45, 7) is 3.85.